The van der Waals surface area contributed by atoms with Crippen LogP contribution in [0.25, 0.3) is 0 Å². The van der Waals surface area contributed by atoms with Crippen molar-refractivity contribution >= 4 is 36.9 Å². The predicted octanol–water partition coefficient (Wildman–Crippen LogP) is -1.69. The molecule has 1 saturated heterocycles. The van der Waals surface area contributed by atoms with Gasteiger partial charge in [0.15, 0.2) is 0 Å². The summed E-state index contributed by atoms with van der Waals surface area (Å²) in [6, 6.07) is 0. The molecule has 1 aromatic rings. The quantitative estimate of drug-likeness (QED) is 0.158. The number of aromatic nitrogens is 2. The molecule has 0 spiro atoms. The number of nitrogens with one attached hydrogen (secondary N) is 1. The van der Waals surface area contributed by atoms with Crippen LogP contribution in [0.3, 0.4) is 0 Å². The van der Waals surface area contributed by atoms with E-state index in [2.05, 4.69) is 13.6 Å². The van der Waals surface area contributed by atoms with E-state index in [9.17, 15) is 33.6 Å². The van der Waals surface area contributed by atoms with Crippen LogP contribution >= 0.6 is 21.8 Å². The van der Waals surface area contributed by atoms with E-state index >= 15 is 0 Å². The zero-order valence-corrected chi connectivity index (χ0v) is 19.0. The van der Waals surface area contributed by atoms with Crippen molar-refractivity contribution in [3.05, 3.63) is 32.6 Å². The van der Waals surface area contributed by atoms with Crippen molar-refractivity contribution in [1.29, 1.82) is 0 Å². The molecule has 0 saturated carbocycles. The van der Waals surface area contributed by atoms with E-state index in [1.807, 2.05) is 0 Å². The molecule has 1 aliphatic heterocycles. The molecule has 1 radical (unpaired) electrons. The first-order valence-electron chi connectivity index (χ1n) is 7.54. The van der Waals surface area contributed by atoms with Gasteiger partial charge in [-0.2, -0.15) is 0 Å². The van der Waals surface area contributed by atoms with Crippen LogP contribution in [0.2, 0.25) is 0 Å². The molecule has 19 heteroatoms. The zero-order valence-electron chi connectivity index (χ0n) is 14.5. The van der Waals surface area contributed by atoms with Gasteiger partial charge in [0.25, 0.3) is 0 Å². The molecule has 1 aromatic heterocycles. The van der Waals surface area contributed by atoms with Crippen molar-refractivity contribution in [2.75, 3.05) is 6.61 Å². The van der Waals surface area contributed by atoms with Crippen LogP contribution in [-0.4, -0.2) is 68.1 Å². The standard InChI is InChI=1S/C10H18N2O13P3Se/c1-5-3-12(10(15)11-9(5)14)8-2-6(13)7(23-8)4-22-28(21,29)25-27(19,20)24-26(16,17)18/h3,6-8,13,21,29H,2,4H2,1H3,(H,19,20)(H,11,14,15)(H2,16,17,18)/t6-,7+,8+,28?/m0/s1. The molecule has 6 N–H and O–H groups in total. The molecule has 1 fully saturated rings. The number of H-pyrrole nitrogens is 1. The Balaban J connectivity index is 2.03. The first-order chi connectivity index (χ1) is 13.1. The van der Waals surface area contributed by atoms with Crippen molar-refractivity contribution in [3.63, 3.8) is 0 Å². The zero-order chi connectivity index (χ0) is 22.2. The van der Waals surface area contributed by atoms with Crippen LogP contribution in [0.1, 0.15) is 18.2 Å². The van der Waals surface area contributed by atoms with Gasteiger partial charge in [-0.25, -0.2) is 0 Å². The number of aryl methyl sites for hydroxylation is 1. The number of hydrogen-bond donors (Lipinski definition) is 6. The third-order valence-electron chi connectivity index (χ3n) is 3.49. The Labute approximate surface area is 169 Å². The molecule has 0 amide bonds. The third-order valence-corrected chi connectivity index (χ3v) is 9.43. The minimum atomic E-state index is -5.39. The van der Waals surface area contributed by atoms with E-state index in [4.69, 9.17) is 19.0 Å². The van der Waals surface area contributed by atoms with Crippen LogP contribution in [-0.2, 0) is 27.0 Å². The Hall–Kier alpha value is -0.271. The topological polar surface area (TPSA) is 227 Å². The summed E-state index contributed by atoms with van der Waals surface area (Å²) >= 11 is 1.38. The molecule has 1 aliphatic rings. The van der Waals surface area contributed by atoms with Crippen LogP contribution < -0.4 is 11.2 Å². The Morgan fingerprint density at radius 1 is 1.28 bits per heavy atom. The Morgan fingerprint density at radius 2 is 1.90 bits per heavy atom. The average Bonchev–Trinajstić information content (AvgIpc) is 2.86. The molecule has 0 bridgehead atoms. The first-order valence-corrected chi connectivity index (χ1v) is 14.6. The average molecular weight is 546 g/mol. The summed E-state index contributed by atoms with van der Waals surface area (Å²) in [6.45, 7) is 0.883. The molecule has 29 heavy (non-hydrogen) atoms. The van der Waals surface area contributed by atoms with Gasteiger partial charge in [-0.3, -0.25) is 0 Å². The summed E-state index contributed by atoms with van der Waals surface area (Å²) in [5.41, 5.74) is -1.12. The molecule has 2 rings (SSSR count). The normalized spacial score (nSPS) is 26.8. The number of rotatable bonds is 8. The summed E-state index contributed by atoms with van der Waals surface area (Å²) in [4.78, 5) is 61.7. The fourth-order valence-electron chi connectivity index (χ4n) is 2.31. The number of phosphoric acid groups is 2. The second-order valence-corrected chi connectivity index (χ2v) is 13.5. The molecule has 2 unspecified atom stereocenters. The number of aliphatic hydroxyl groups excluding tert-OH is 1. The van der Waals surface area contributed by atoms with Crippen LogP contribution in [0, 0.1) is 6.92 Å². The fraction of sp³-hybridized carbons (Fsp3) is 0.600. The predicted molar refractivity (Wildman–Crippen MR) is 96.9 cm³/mol. The van der Waals surface area contributed by atoms with Gasteiger partial charge in [0.05, 0.1) is 0 Å². The maximum atomic E-state index is 11.9. The molecule has 0 aliphatic carbocycles. The van der Waals surface area contributed by atoms with Crippen molar-refractivity contribution in [3.8, 4) is 0 Å². The van der Waals surface area contributed by atoms with Gasteiger partial charge >= 0.3 is 169 Å². The van der Waals surface area contributed by atoms with E-state index in [1.165, 1.54) is 28.2 Å². The molecular weight excluding hydrogens is 528 g/mol. The number of aliphatic hydroxyl groups is 1. The van der Waals surface area contributed by atoms with Gasteiger partial charge in [-0.15, -0.1) is 0 Å². The van der Waals surface area contributed by atoms with Gasteiger partial charge < -0.3 is 0 Å². The summed E-state index contributed by atoms with van der Waals surface area (Å²) in [7, 11) is -10.8. The van der Waals surface area contributed by atoms with Crippen LogP contribution in [0.15, 0.2) is 15.8 Å². The van der Waals surface area contributed by atoms with E-state index < -0.39 is 58.1 Å². The van der Waals surface area contributed by atoms with Gasteiger partial charge in [-0.05, 0) is 0 Å². The van der Waals surface area contributed by atoms with Gasteiger partial charge in [0.1, 0.15) is 0 Å². The summed E-state index contributed by atoms with van der Waals surface area (Å²) < 4.78 is 41.3. The fourth-order valence-corrected chi connectivity index (χ4v) is 7.54. The van der Waals surface area contributed by atoms with Crippen LogP contribution in [0.5, 0.6) is 0 Å². The van der Waals surface area contributed by atoms with Gasteiger partial charge in [-0.1, -0.05) is 0 Å². The van der Waals surface area contributed by atoms with Crippen LogP contribution in [0.4, 0.5) is 0 Å². The van der Waals surface area contributed by atoms with Crippen molar-refractivity contribution < 1.29 is 51.7 Å². The molecular formula is C10H18N2O13P3Se. The Morgan fingerprint density at radius 3 is 2.48 bits per heavy atom. The summed E-state index contributed by atoms with van der Waals surface area (Å²) in [6.07, 6.45) is -6.29. The van der Waals surface area contributed by atoms with Gasteiger partial charge in [0, 0.05) is 0 Å². The second-order valence-electron chi connectivity index (χ2n) is 5.82. The maximum absolute atomic E-state index is 11.9. The first kappa shape index (κ1) is 25.0. The number of hydrogen-bond acceptors (Lipinski definition) is 10. The monoisotopic (exact) mass is 547 g/mol. The van der Waals surface area contributed by atoms with Crippen molar-refractivity contribution in [2.45, 2.75) is 31.8 Å². The minimum absolute atomic E-state index is 0.0739. The second kappa shape index (κ2) is 9.07. The Kier molecular flexibility index (Phi) is 7.82. The Bertz CT molecular complexity index is 1020. The van der Waals surface area contributed by atoms with Crippen molar-refractivity contribution in [2.24, 2.45) is 0 Å². The van der Waals surface area contributed by atoms with E-state index in [0.29, 0.717) is 0 Å². The summed E-state index contributed by atoms with van der Waals surface area (Å²) in [5, 5.41) is 10.1. The van der Waals surface area contributed by atoms with Crippen molar-refractivity contribution in [1.82, 2.24) is 9.55 Å². The molecule has 15 nitrogen and oxygen atoms in total. The third kappa shape index (κ3) is 7.42. The number of ether oxygens (including phenoxy) is 1. The van der Waals surface area contributed by atoms with E-state index in [0.717, 1.165) is 4.57 Å². The van der Waals surface area contributed by atoms with Gasteiger partial charge in [0.2, 0.25) is 0 Å². The molecule has 2 heterocycles. The number of aromatic amines is 1. The summed E-state index contributed by atoms with van der Waals surface area (Å²) in [5.74, 6) is 0. The molecule has 5 atom stereocenters. The molecule has 167 valence electrons. The SMILES string of the molecule is Cc1cn([C@H]2C[C@H](O)[C@@H](COP(O)(=[SeH])OP(=O)(O)OP(=O)(O)O)O2)c(=O)[nH]c1=O. The van der Waals surface area contributed by atoms with E-state index in [-0.39, 0.29) is 12.0 Å². The number of nitrogens with zero attached hydrogens (tertiary/aromatic N) is 1. The molecule has 0 aromatic carbocycles. The van der Waals surface area contributed by atoms with E-state index in [1.54, 1.807) is 0 Å².